The largest absolute Gasteiger partial charge is 0.393 e. The van der Waals surface area contributed by atoms with Crippen LogP contribution in [0.5, 0.6) is 0 Å². The van der Waals surface area contributed by atoms with Gasteiger partial charge in [0.05, 0.1) is 24.1 Å². The Bertz CT molecular complexity index is 676. The fourth-order valence-electron chi connectivity index (χ4n) is 3.96. The SMILES string of the molecule is CCCCC[C@H](O)/C=C/[C@@H]1[C@@H](C/C=C/CCCC(=O)NS(=O)(=O)CCC)[C@@H](O)C[C@H]1O. The molecule has 1 aliphatic carbocycles. The lowest BCUT2D eigenvalue weighted by Gasteiger charge is -2.19. The standard InChI is InChI=1S/C23H41NO6S/c1-3-5-8-11-18(25)14-15-20-19(21(26)17-22(20)27)12-9-6-7-10-13-23(28)24-31(29,30)16-4-2/h6,9,14-15,18-22,25-27H,3-5,7-8,10-13,16-17H2,1-2H3,(H,24,28)/b9-6+,15-14+/t18-,19+,20+,21-,22+/m0/s1. The lowest BCUT2D eigenvalue weighted by molar-refractivity contribution is -0.119. The second kappa shape index (κ2) is 14.8. The molecule has 0 aromatic carbocycles. The lowest BCUT2D eigenvalue weighted by atomic mass is 9.89. The molecule has 0 aromatic rings. The fraction of sp³-hybridized carbons (Fsp3) is 0.783. The molecule has 0 saturated heterocycles. The van der Waals surface area contributed by atoms with Crippen molar-refractivity contribution in [2.75, 3.05) is 5.75 Å². The number of aliphatic hydroxyl groups is 3. The number of aliphatic hydroxyl groups excluding tert-OH is 3. The number of unbranched alkanes of at least 4 members (excludes halogenated alkanes) is 3. The molecule has 1 aliphatic rings. The molecule has 1 fully saturated rings. The van der Waals surface area contributed by atoms with E-state index < -0.39 is 34.2 Å². The predicted octanol–water partition coefficient (Wildman–Crippen LogP) is 2.81. The van der Waals surface area contributed by atoms with E-state index in [1.165, 1.54) is 0 Å². The van der Waals surface area contributed by atoms with Crippen molar-refractivity contribution in [3.05, 3.63) is 24.3 Å². The molecule has 31 heavy (non-hydrogen) atoms. The van der Waals surface area contributed by atoms with E-state index in [0.717, 1.165) is 19.3 Å². The zero-order valence-electron chi connectivity index (χ0n) is 18.9. The smallest absolute Gasteiger partial charge is 0.234 e. The molecule has 0 aromatic heterocycles. The van der Waals surface area contributed by atoms with E-state index in [4.69, 9.17) is 0 Å². The van der Waals surface area contributed by atoms with Gasteiger partial charge in [0.2, 0.25) is 15.9 Å². The minimum Gasteiger partial charge on any atom is -0.393 e. The molecule has 0 radical (unpaired) electrons. The highest BCUT2D eigenvalue weighted by atomic mass is 32.2. The number of sulfonamides is 1. The van der Waals surface area contributed by atoms with Crippen LogP contribution in [0.2, 0.25) is 0 Å². The Hall–Kier alpha value is -1.22. The Morgan fingerprint density at radius 3 is 2.52 bits per heavy atom. The van der Waals surface area contributed by atoms with Crippen molar-refractivity contribution in [3.63, 3.8) is 0 Å². The van der Waals surface area contributed by atoms with Gasteiger partial charge in [0.1, 0.15) is 0 Å². The van der Waals surface area contributed by atoms with Crippen molar-refractivity contribution in [1.29, 1.82) is 0 Å². The number of rotatable bonds is 15. The van der Waals surface area contributed by atoms with Gasteiger partial charge in [-0.2, -0.15) is 0 Å². The van der Waals surface area contributed by atoms with Gasteiger partial charge in [-0.05, 0) is 38.0 Å². The summed E-state index contributed by atoms with van der Waals surface area (Å²) in [6.07, 6.45) is 12.2. The number of amides is 1. The van der Waals surface area contributed by atoms with Crippen molar-refractivity contribution >= 4 is 15.9 Å². The second-order valence-electron chi connectivity index (χ2n) is 8.50. The highest BCUT2D eigenvalue weighted by Crippen LogP contribution is 2.36. The first-order valence-corrected chi connectivity index (χ1v) is 13.3. The molecule has 1 saturated carbocycles. The van der Waals surface area contributed by atoms with E-state index in [2.05, 4.69) is 11.6 Å². The summed E-state index contributed by atoms with van der Waals surface area (Å²) < 4.78 is 25.2. The summed E-state index contributed by atoms with van der Waals surface area (Å²) in [6, 6.07) is 0. The fourth-order valence-corrected chi connectivity index (χ4v) is 5.05. The Morgan fingerprint density at radius 1 is 1.10 bits per heavy atom. The monoisotopic (exact) mass is 459 g/mol. The average molecular weight is 460 g/mol. The van der Waals surface area contributed by atoms with Gasteiger partial charge in [-0.3, -0.25) is 9.52 Å². The first-order valence-electron chi connectivity index (χ1n) is 11.6. The van der Waals surface area contributed by atoms with Crippen LogP contribution in [0.15, 0.2) is 24.3 Å². The van der Waals surface area contributed by atoms with Gasteiger partial charge in [0.25, 0.3) is 0 Å². The summed E-state index contributed by atoms with van der Waals surface area (Å²) in [7, 11) is -3.52. The minimum atomic E-state index is -3.52. The van der Waals surface area contributed by atoms with Crippen LogP contribution >= 0.6 is 0 Å². The van der Waals surface area contributed by atoms with Gasteiger partial charge in [-0.1, -0.05) is 57.4 Å². The van der Waals surface area contributed by atoms with Gasteiger partial charge in [0.15, 0.2) is 0 Å². The summed E-state index contributed by atoms with van der Waals surface area (Å²) in [5, 5.41) is 30.7. The summed E-state index contributed by atoms with van der Waals surface area (Å²) in [5.41, 5.74) is 0. The molecule has 0 unspecified atom stereocenters. The van der Waals surface area contributed by atoms with Gasteiger partial charge < -0.3 is 15.3 Å². The summed E-state index contributed by atoms with van der Waals surface area (Å²) in [4.78, 5) is 11.7. The molecule has 0 bridgehead atoms. The van der Waals surface area contributed by atoms with Crippen LogP contribution in [0, 0.1) is 11.8 Å². The summed E-state index contributed by atoms with van der Waals surface area (Å²) in [5.74, 6) is -0.860. The molecular weight excluding hydrogens is 418 g/mol. The highest BCUT2D eigenvalue weighted by molar-refractivity contribution is 7.90. The molecule has 0 spiro atoms. The molecule has 1 rings (SSSR count). The Labute approximate surface area is 187 Å². The van der Waals surface area contributed by atoms with Crippen LogP contribution in [0.1, 0.15) is 78.1 Å². The maximum atomic E-state index is 11.7. The molecule has 4 N–H and O–H groups in total. The molecule has 1 amide bonds. The first kappa shape index (κ1) is 27.8. The zero-order valence-corrected chi connectivity index (χ0v) is 19.8. The lowest BCUT2D eigenvalue weighted by Crippen LogP contribution is -2.32. The Morgan fingerprint density at radius 2 is 1.84 bits per heavy atom. The summed E-state index contributed by atoms with van der Waals surface area (Å²) >= 11 is 0. The maximum absolute atomic E-state index is 11.7. The van der Waals surface area contributed by atoms with E-state index in [-0.39, 0.29) is 24.0 Å². The van der Waals surface area contributed by atoms with Crippen LogP contribution in [-0.2, 0) is 14.8 Å². The average Bonchev–Trinajstić information content (AvgIpc) is 2.95. The maximum Gasteiger partial charge on any atom is 0.234 e. The number of hydrogen-bond acceptors (Lipinski definition) is 6. The van der Waals surface area contributed by atoms with Crippen molar-refractivity contribution in [2.24, 2.45) is 11.8 Å². The third kappa shape index (κ3) is 11.3. The zero-order chi connectivity index (χ0) is 23.3. The van der Waals surface area contributed by atoms with E-state index in [1.807, 2.05) is 18.2 Å². The molecule has 180 valence electrons. The third-order valence-corrected chi connectivity index (χ3v) is 7.15. The van der Waals surface area contributed by atoms with Crippen LogP contribution in [0.3, 0.4) is 0 Å². The van der Waals surface area contributed by atoms with Crippen LogP contribution in [0.25, 0.3) is 0 Å². The quantitative estimate of drug-likeness (QED) is 0.220. The third-order valence-electron chi connectivity index (χ3n) is 5.67. The predicted molar refractivity (Wildman–Crippen MR) is 123 cm³/mol. The number of nitrogens with one attached hydrogen (secondary N) is 1. The van der Waals surface area contributed by atoms with E-state index in [0.29, 0.717) is 38.5 Å². The minimum absolute atomic E-state index is 0.0560. The number of carbonyl (C=O) groups is 1. The van der Waals surface area contributed by atoms with Crippen molar-refractivity contribution < 1.29 is 28.5 Å². The van der Waals surface area contributed by atoms with E-state index >= 15 is 0 Å². The second-order valence-corrected chi connectivity index (χ2v) is 10.3. The van der Waals surface area contributed by atoms with Crippen LogP contribution in [0.4, 0.5) is 0 Å². The topological polar surface area (TPSA) is 124 Å². The van der Waals surface area contributed by atoms with Crippen molar-refractivity contribution in [1.82, 2.24) is 4.72 Å². The molecule has 0 aliphatic heterocycles. The first-order chi connectivity index (χ1) is 14.7. The van der Waals surface area contributed by atoms with Crippen LogP contribution in [-0.4, -0.2) is 53.7 Å². The van der Waals surface area contributed by atoms with E-state index in [9.17, 15) is 28.5 Å². The van der Waals surface area contributed by atoms with Gasteiger partial charge in [-0.25, -0.2) is 8.42 Å². The van der Waals surface area contributed by atoms with Gasteiger partial charge in [0, 0.05) is 18.8 Å². The van der Waals surface area contributed by atoms with Crippen molar-refractivity contribution in [3.8, 4) is 0 Å². The summed E-state index contributed by atoms with van der Waals surface area (Å²) in [6.45, 7) is 3.86. The normalized spacial score (nSPS) is 25.5. The molecule has 8 heteroatoms. The molecular formula is C23H41NO6S. The van der Waals surface area contributed by atoms with Gasteiger partial charge >= 0.3 is 0 Å². The number of allylic oxidation sites excluding steroid dienone is 2. The molecule has 5 atom stereocenters. The highest BCUT2D eigenvalue weighted by Gasteiger charge is 2.39. The number of hydrogen-bond donors (Lipinski definition) is 4. The molecule has 7 nitrogen and oxygen atoms in total. The van der Waals surface area contributed by atoms with Crippen LogP contribution < -0.4 is 4.72 Å². The van der Waals surface area contributed by atoms with E-state index in [1.54, 1.807) is 13.0 Å². The van der Waals surface area contributed by atoms with Gasteiger partial charge in [-0.15, -0.1) is 0 Å². The number of carbonyl (C=O) groups excluding carboxylic acids is 1. The van der Waals surface area contributed by atoms with Crippen molar-refractivity contribution in [2.45, 2.75) is 96.4 Å². The molecule has 0 heterocycles. The Balaban J connectivity index is 2.42. The Kier molecular flexibility index (Phi) is 13.3.